The number of amides is 1. The van der Waals surface area contributed by atoms with Crippen LogP contribution in [0.1, 0.15) is 24.4 Å². The second-order valence-corrected chi connectivity index (χ2v) is 5.34. The summed E-state index contributed by atoms with van der Waals surface area (Å²) in [7, 11) is 1.38. The second-order valence-electron chi connectivity index (χ2n) is 4.49. The summed E-state index contributed by atoms with van der Waals surface area (Å²) in [5, 5.41) is 23.5. The van der Waals surface area contributed by atoms with Crippen LogP contribution in [-0.4, -0.2) is 29.1 Å². The molecule has 1 aliphatic heterocycles. The lowest BCUT2D eigenvalue weighted by Crippen LogP contribution is -2.45. The Morgan fingerprint density at radius 1 is 1.55 bits per heavy atom. The van der Waals surface area contributed by atoms with Crippen molar-refractivity contribution < 1.29 is 19.6 Å². The summed E-state index contributed by atoms with van der Waals surface area (Å²) in [6.45, 7) is 0. The maximum absolute atomic E-state index is 11.5. The molecule has 0 bridgehead atoms. The van der Waals surface area contributed by atoms with Gasteiger partial charge in [-0.1, -0.05) is 0 Å². The largest absolute Gasteiger partial charge is 0.503 e. The summed E-state index contributed by atoms with van der Waals surface area (Å²) in [5.74, 6) is -0.122. The van der Waals surface area contributed by atoms with Crippen LogP contribution in [0.3, 0.4) is 0 Å². The molecule has 2 rings (SSSR count). The van der Waals surface area contributed by atoms with E-state index < -0.39 is 17.0 Å². The summed E-state index contributed by atoms with van der Waals surface area (Å²) in [6.07, 6.45) is 0.322. The van der Waals surface area contributed by atoms with E-state index in [1.165, 1.54) is 13.2 Å². The molecule has 1 saturated heterocycles. The SMILES string of the molecule is COc1cc([C@H]2NC(=O)CC[C@H]2[N+](=O)[O-])cc(Br)c1O. The summed E-state index contributed by atoms with van der Waals surface area (Å²) in [6, 6.07) is 1.41. The van der Waals surface area contributed by atoms with Crippen LogP contribution in [0.2, 0.25) is 0 Å². The molecular formula is C12H13BrN2O5. The number of benzene rings is 1. The number of nitrogens with one attached hydrogen (secondary N) is 1. The monoisotopic (exact) mass is 344 g/mol. The first-order valence-electron chi connectivity index (χ1n) is 5.93. The predicted octanol–water partition coefficient (Wildman–Crippen LogP) is 1.76. The predicted molar refractivity (Wildman–Crippen MR) is 73.3 cm³/mol. The zero-order valence-corrected chi connectivity index (χ0v) is 12.2. The molecule has 0 saturated carbocycles. The van der Waals surface area contributed by atoms with E-state index in [0.717, 1.165) is 0 Å². The number of carbonyl (C=O) groups is 1. The van der Waals surface area contributed by atoms with Crippen molar-refractivity contribution in [1.82, 2.24) is 5.32 Å². The van der Waals surface area contributed by atoms with E-state index in [4.69, 9.17) is 4.74 Å². The normalized spacial score (nSPS) is 22.2. The average Bonchev–Trinajstić information content (AvgIpc) is 2.41. The molecule has 8 heteroatoms. The van der Waals surface area contributed by atoms with E-state index in [0.29, 0.717) is 10.0 Å². The fourth-order valence-corrected chi connectivity index (χ4v) is 2.71. The molecule has 0 unspecified atom stereocenters. The van der Waals surface area contributed by atoms with Crippen molar-refractivity contribution in [3.8, 4) is 11.5 Å². The molecule has 2 N–H and O–H groups in total. The minimum atomic E-state index is -0.895. The van der Waals surface area contributed by atoms with Crippen molar-refractivity contribution in [3.63, 3.8) is 0 Å². The smallest absolute Gasteiger partial charge is 0.237 e. The van der Waals surface area contributed by atoms with Crippen LogP contribution in [0, 0.1) is 10.1 Å². The van der Waals surface area contributed by atoms with Gasteiger partial charge in [0.05, 0.1) is 11.6 Å². The topological polar surface area (TPSA) is 102 Å². The van der Waals surface area contributed by atoms with Gasteiger partial charge in [0.25, 0.3) is 0 Å². The van der Waals surface area contributed by atoms with Gasteiger partial charge in [0.2, 0.25) is 11.9 Å². The zero-order valence-electron chi connectivity index (χ0n) is 10.6. The Labute approximate surface area is 123 Å². The van der Waals surface area contributed by atoms with Gasteiger partial charge >= 0.3 is 0 Å². The van der Waals surface area contributed by atoms with Gasteiger partial charge in [-0.2, -0.15) is 0 Å². The Morgan fingerprint density at radius 2 is 2.25 bits per heavy atom. The van der Waals surface area contributed by atoms with Crippen LogP contribution in [0.25, 0.3) is 0 Å². The van der Waals surface area contributed by atoms with Crippen LogP contribution in [0.4, 0.5) is 0 Å². The van der Waals surface area contributed by atoms with E-state index in [1.807, 2.05) is 0 Å². The minimum Gasteiger partial charge on any atom is -0.503 e. The highest BCUT2D eigenvalue weighted by molar-refractivity contribution is 9.10. The van der Waals surface area contributed by atoms with E-state index in [1.54, 1.807) is 6.07 Å². The number of methoxy groups -OCH3 is 1. The molecule has 0 aliphatic carbocycles. The third-order valence-corrected chi connectivity index (χ3v) is 3.87. The van der Waals surface area contributed by atoms with Gasteiger partial charge in [-0.05, 0) is 33.6 Å². The van der Waals surface area contributed by atoms with E-state index >= 15 is 0 Å². The highest BCUT2D eigenvalue weighted by Crippen LogP contribution is 2.38. The zero-order chi connectivity index (χ0) is 14.9. The summed E-state index contributed by atoms with van der Waals surface area (Å²) in [4.78, 5) is 22.2. The van der Waals surface area contributed by atoms with E-state index in [2.05, 4.69) is 21.2 Å². The van der Waals surface area contributed by atoms with E-state index in [9.17, 15) is 20.0 Å². The summed E-state index contributed by atoms with van der Waals surface area (Å²) >= 11 is 3.16. The number of hydrogen-bond acceptors (Lipinski definition) is 5. The Balaban J connectivity index is 2.43. The van der Waals surface area contributed by atoms with Crippen molar-refractivity contribution in [2.45, 2.75) is 24.9 Å². The van der Waals surface area contributed by atoms with Gasteiger partial charge in [-0.25, -0.2) is 0 Å². The number of phenols is 1. The van der Waals surface area contributed by atoms with Crippen molar-refractivity contribution in [3.05, 3.63) is 32.3 Å². The molecule has 0 spiro atoms. The van der Waals surface area contributed by atoms with Gasteiger partial charge in [-0.3, -0.25) is 14.9 Å². The van der Waals surface area contributed by atoms with Crippen molar-refractivity contribution in [1.29, 1.82) is 0 Å². The van der Waals surface area contributed by atoms with Gasteiger partial charge in [0.15, 0.2) is 11.5 Å². The molecule has 1 amide bonds. The molecule has 7 nitrogen and oxygen atoms in total. The summed E-state index contributed by atoms with van der Waals surface area (Å²) in [5.41, 5.74) is 0.515. The minimum absolute atomic E-state index is 0.0870. The van der Waals surface area contributed by atoms with E-state index in [-0.39, 0.29) is 30.2 Å². The molecular weight excluding hydrogens is 332 g/mol. The molecule has 1 heterocycles. The van der Waals surface area contributed by atoms with Gasteiger partial charge < -0.3 is 15.2 Å². The van der Waals surface area contributed by atoms with Gasteiger partial charge in [0.1, 0.15) is 6.04 Å². The lowest BCUT2D eigenvalue weighted by atomic mass is 9.92. The van der Waals surface area contributed by atoms with Gasteiger partial charge in [-0.15, -0.1) is 0 Å². The van der Waals surface area contributed by atoms with Crippen LogP contribution in [0.15, 0.2) is 16.6 Å². The molecule has 1 aromatic rings. The molecule has 108 valence electrons. The molecule has 0 aromatic heterocycles. The average molecular weight is 345 g/mol. The Kier molecular flexibility index (Phi) is 4.12. The van der Waals surface area contributed by atoms with Gasteiger partial charge in [0, 0.05) is 17.8 Å². The lowest BCUT2D eigenvalue weighted by Gasteiger charge is -2.27. The number of nitro groups is 1. The number of rotatable bonds is 3. The number of carbonyl (C=O) groups excluding carboxylic acids is 1. The molecule has 1 aromatic carbocycles. The van der Waals surface area contributed by atoms with Crippen molar-refractivity contribution in [2.75, 3.05) is 7.11 Å². The number of piperidine rings is 1. The first kappa shape index (κ1) is 14.6. The molecule has 20 heavy (non-hydrogen) atoms. The third-order valence-electron chi connectivity index (χ3n) is 3.27. The highest BCUT2D eigenvalue weighted by Gasteiger charge is 2.38. The van der Waals surface area contributed by atoms with Crippen molar-refractivity contribution in [2.24, 2.45) is 0 Å². The quantitative estimate of drug-likeness (QED) is 0.642. The first-order chi connectivity index (χ1) is 9.43. The Hall–Kier alpha value is -1.83. The summed E-state index contributed by atoms with van der Waals surface area (Å²) < 4.78 is 5.37. The standard InChI is InChI=1S/C12H13BrN2O5/c1-20-9-5-6(4-7(13)12(9)17)11-8(15(18)19)2-3-10(16)14-11/h4-5,8,11,17H,2-3H2,1H3,(H,14,16)/t8-,11-/m1/s1. The maximum atomic E-state index is 11.5. The Morgan fingerprint density at radius 3 is 2.85 bits per heavy atom. The van der Waals surface area contributed by atoms with Crippen molar-refractivity contribution >= 4 is 21.8 Å². The molecule has 1 aliphatic rings. The number of hydrogen-bond donors (Lipinski definition) is 2. The number of ether oxygens (including phenoxy) is 1. The molecule has 0 radical (unpaired) electrons. The number of nitrogens with zero attached hydrogens (tertiary/aromatic N) is 1. The number of halogens is 1. The highest BCUT2D eigenvalue weighted by atomic mass is 79.9. The molecule has 1 fully saturated rings. The number of phenolic OH excluding ortho intramolecular Hbond substituents is 1. The molecule has 2 atom stereocenters. The third kappa shape index (κ3) is 2.69. The fraction of sp³-hybridized carbons (Fsp3) is 0.417. The maximum Gasteiger partial charge on any atom is 0.237 e. The van der Waals surface area contributed by atoms with Crippen LogP contribution >= 0.6 is 15.9 Å². The number of aromatic hydroxyl groups is 1. The first-order valence-corrected chi connectivity index (χ1v) is 6.72. The Bertz CT molecular complexity index is 563. The van der Waals surface area contributed by atoms with Crippen LogP contribution in [0.5, 0.6) is 11.5 Å². The lowest BCUT2D eigenvalue weighted by molar-refractivity contribution is -0.529. The van der Waals surface area contributed by atoms with Crippen LogP contribution < -0.4 is 10.1 Å². The fourth-order valence-electron chi connectivity index (χ4n) is 2.25. The van der Waals surface area contributed by atoms with Crippen LogP contribution in [-0.2, 0) is 4.79 Å². The second kappa shape index (κ2) is 5.66.